The summed E-state index contributed by atoms with van der Waals surface area (Å²) >= 11 is 0. The summed E-state index contributed by atoms with van der Waals surface area (Å²) in [5.74, 6) is -0.866. The van der Waals surface area contributed by atoms with E-state index in [0.29, 0.717) is 6.54 Å². The van der Waals surface area contributed by atoms with E-state index in [1.165, 1.54) is 12.1 Å². The molecular weight excluding hydrogens is 214 g/mol. The van der Waals surface area contributed by atoms with Gasteiger partial charge in [-0.3, -0.25) is 14.9 Å². The first-order valence-electron chi connectivity index (χ1n) is 4.92. The predicted molar refractivity (Wildman–Crippen MR) is 54.1 cm³/mol. The zero-order chi connectivity index (χ0) is 11.5. The van der Waals surface area contributed by atoms with Crippen molar-refractivity contribution in [1.29, 1.82) is 0 Å². The molecular formula is C9H11N3O4. The summed E-state index contributed by atoms with van der Waals surface area (Å²) in [6.45, 7) is 1.58. The summed E-state index contributed by atoms with van der Waals surface area (Å²) in [5, 5.41) is 16.2. The lowest BCUT2D eigenvalue weighted by Crippen LogP contribution is -2.35. The number of carbonyl (C=O) groups is 1. The van der Waals surface area contributed by atoms with Gasteiger partial charge in [0, 0.05) is 12.6 Å². The molecule has 1 aromatic rings. The first-order chi connectivity index (χ1) is 7.66. The van der Waals surface area contributed by atoms with Gasteiger partial charge in [-0.15, -0.1) is 0 Å². The van der Waals surface area contributed by atoms with Crippen molar-refractivity contribution in [2.75, 3.05) is 13.1 Å². The average molecular weight is 225 g/mol. The van der Waals surface area contributed by atoms with Crippen molar-refractivity contribution >= 4 is 11.8 Å². The molecule has 0 aromatic carbocycles. The van der Waals surface area contributed by atoms with Crippen LogP contribution in [0.25, 0.3) is 0 Å². The molecule has 1 aliphatic heterocycles. The molecule has 86 valence electrons. The lowest BCUT2D eigenvalue weighted by Gasteiger charge is -2.08. The highest BCUT2D eigenvalue weighted by Crippen LogP contribution is 2.15. The average Bonchev–Trinajstić information content (AvgIpc) is 2.86. The number of nitrogens with zero attached hydrogens (tertiary/aromatic N) is 1. The van der Waals surface area contributed by atoms with Gasteiger partial charge in [0.05, 0.1) is 6.07 Å². The topological polar surface area (TPSA) is 97.4 Å². The summed E-state index contributed by atoms with van der Waals surface area (Å²) in [6, 6.07) is 2.54. The van der Waals surface area contributed by atoms with E-state index in [1.54, 1.807) is 0 Å². The first-order valence-corrected chi connectivity index (χ1v) is 4.92. The smallest absolute Gasteiger partial charge is 0.395 e. The van der Waals surface area contributed by atoms with E-state index >= 15 is 0 Å². The van der Waals surface area contributed by atoms with Crippen molar-refractivity contribution in [3.05, 3.63) is 28.0 Å². The standard InChI is InChI=1S/C9H11N3O4/c13-9(11-6-3-4-10-5-6)7-1-2-8(16-7)12(14)15/h1-2,6,10H,3-5H2,(H,11,13)/t6-/m0/s1. The Morgan fingerprint density at radius 3 is 3.00 bits per heavy atom. The summed E-state index contributed by atoms with van der Waals surface area (Å²) < 4.78 is 4.79. The van der Waals surface area contributed by atoms with Gasteiger partial charge >= 0.3 is 5.88 Å². The summed E-state index contributed by atoms with van der Waals surface area (Å²) in [7, 11) is 0. The van der Waals surface area contributed by atoms with Gasteiger partial charge in [0.2, 0.25) is 0 Å². The second-order valence-corrected chi connectivity index (χ2v) is 3.56. The monoisotopic (exact) mass is 225 g/mol. The van der Waals surface area contributed by atoms with Crippen LogP contribution < -0.4 is 10.6 Å². The number of hydrogen-bond acceptors (Lipinski definition) is 5. The lowest BCUT2D eigenvalue weighted by atomic mass is 10.2. The predicted octanol–water partition coefficient (Wildman–Crippen LogP) is 0.280. The Balaban J connectivity index is 1.99. The normalized spacial score (nSPS) is 19.6. The van der Waals surface area contributed by atoms with E-state index < -0.39 is 16.7 Å². The van der Waals surface area contributed by atoms with E-state index in [1.807, 2.05) is 0 Å². The molecule has 1 fully saturated rings. The minimum atomic E-state index is -0.673. The maximum atomic E-state index is 11.6. The van der Waals surface area contributed by atoms with Crippen LogP contribution in [-0.4, -0.2) is 30.0 Å². The molecule has 0 radical (unpaired) electrons. The van der Waals surface area contributed by atoms with Gasteiger partial charge in [0.25, 0.3) is 5.91 Å². The first kappa shape index (κ1) is 10.6. The number of nitrogens with one attached hydrogen (secondary N) is 2. The number of rotatable bonds is 3. The summed E-state index contributed by atoms with van der Waals surface area (Å²) in [4.78, 5) is 21.3. The van der Waals surface area contributed by atoms with E-state index in [0.717, 1.165) is 13.0 Å². The maximum absolute atomic E-state index is 11.6. The van der Waals surface area contributed by atoms with Crippen LogP contribution >= 0.6 is 0 Å². The highest BCUT2D eigenvalue weighted by atomic mass is 16.6. The fourth-order valence-corrected chi connectivity index (χ4v) is 1.58. The zero-order valence-electron chi connectivity index (χ0n) is 8.43. The maximum Gasteiger partial charge on any atom is 0.433 e. The van der Waals surface area contributed by atoms with Gasteiger partial charge in [-0.25, -0.2) is 0 Å². The Labute approximate surface area is 91.0 Å². The minimum Gasteiger partial charge on any atom is -0.395 e. The molecule has 7 heteroatoms. The van der Waals surface area contributed by atoms with Crippen LogP contribution in [0.4, 0.5) is 5.88 Å². The molecule has 0 saturated carbocycles. The third-order valence-corrected chi connectivity index (χ3v) is 2.39. The molecule has 1 aromatic heterocycles. The highest BCUT2D eigenvalue weighted by Gasteiger charge is 2.21. The van der Waals surface area contributed by atoms with Gasteiger partial charge in [-0.05, 0) is 19.0 Å². The van der Waals surface area contributed by atoms with Crippen LogP contribution in [0.15, 0.2) is 16.5 Å². The molecule has 1 atom stereocenters. The van der Waals surface area contributed by atoms with Crippen LogP contribution in [0.1, 0.15) is 17.0 Å². The Morgan fingerprint density at radius 2 is 2.44 bits per heavy atom. The minimum absolute atomic E-state index is 0.0291. The Kier molecular flexibility index (Phi) is 2.86. The van der Waals surface area contributed by atoms with Crippen molar-refractivity contribution in [1.82, 2.24) is 10.6 Å². The number of furan rings is 1. The number of nitro groups is 1. The van der Waals surface area contributed by atoms with E-state index in [2.05, 4.69) is 10.6 Å². The van der Waals surface area contributed by atoms with E-state index in [4.69, 9.17) is 4.42 Å². The van der Waals surface area contributed by atoms with Crippen LogP contribution in [0.2, 0.25) is 0 Å². The van der Waals surface area contributed by atoms with Gasteiger partial charge in [-0.2, -0.15) is 0 Å². The summed E-state index contributed by atoms with van der Waals surface area (Å²) in [6.07, 6.45) is 0.856. The van der Waals surface area contributed by atoms with Crippen molar-refractivity contribution < 1.29 is 14.1 Å². The zero-order valence-corrected chi connectivity index (χ0v) is 8.43. The fraction of sp³-hybridized carbons (Fsp3) is 0.444. The fourth-order valence-electron chi connectivity index (χ4n) is 1.58. The Bertz CT molecular complexity index is 409. The van der Waals surface area contributed by atoms with Crippen LogP contribution in [0, 0.1) is 10.1 Å². The third kappa shape index (κ3) is 2.19. The van der Waals surface area contributed by atoms with Gasteiger partial charge in [0.1, 0.15) is 4.92 Å². The van der Waals surface area contributed by atoms with Gasteiger partial charge in [0.15, 0.2) is 5.76 Å². The van der Waals surface area contributed by atoms with Crippen LogP contribution in [0.3, 0.4) is 0 Å². The molecule has 7 nitrogen and oxygen atoms in total. The van der Waals surface area contributed by atoms with Crippen molar-refractivity contribution in [3.63, 3.8) is 0 Å². The number of carbonyl (C=O) groups excluding carboxylic acids is 1. The quantitative estimate of drug-likeness (QED) is 0.568. The van der Waals surface area contributed by atoms with Crippen molar-refractivity contribution in [3.8, 4) is 0 Å². The number of hydrogen-bond donors (Lipinski definition) is 2. The molecule has 0 unspecified atom stereocenters. The second-order valence-electron chi connectivity index (χ2n) is 3.56. The van der Waals surface area contributed by atoms with Crippen molar-refractivity contribution in [2.45, 2.75) is 12.5 Å². The van der Waals surface area contributed by atoms with Gasteiger partial charge < -0.3 is 15.1 Å². The van der Waals surface area contributed by atoms with E-state index in [9.17, 15) is 14.9 Å². The molecule has 16 heavy (non-hydrogen) atoms. The Morgan fingerprint density at radius 1 is 1.62 bits per heavy atom. The largest absolute Gasteiger partial charge is 0.433 e. The molecule has 0 aliphatic carbocycles. The van der Waals surface area contributed by atoms with E-state index in [-0.39, 0.29) is 11.8 Å². The molecule has 1 amide bonds. The summed E-state index contributed by atoms with van der Waals surface area (Å²) in [5.41, 5.74) is 0. The Hall–Kier alpha value is -1.89. The third-order valence-electron chi connectivity index (χ3n) is 2.39. The SMILES string of the molecule is O=C(N[C@H]1CCNC1)c1ccc([N+](=O)[O-])o1. The van der Waals surface area contributed by atoms with Gasteiger partial charge in [-0.1, -0.05) is 0 Å². The highest BCUT2D eigenvalue weighted by molar-refractivity contribution is 5.91. The number of amides is 1. The molecule has 2 heterocycles. The molecule has 2 N–H and O–H groups in total. The van der Waals surface area contributed by atoms with Crippen LogP contribution in [-0.2, 0) is 0 Å². The van der Waals surface area contributed by atoms with Crippen molar-refractivity contribution in [2.24, 2.45) is 0 Å². The molecule has 0 bridgehead atoms. The van der Waals surface area contributed by atoms with Crippen LogP contribution in [0.5, 0.6) is 0 Å². The molecule has 1 saturated heterocycles. The second kappa shape index (κ2) is 4.31. The molecule has 0 spiro atoms. The molecule has 2 rings (SSSR count). The molecule has 1 aliphatic rings. The lowest BCUT2D eigenvalue weighted by molar-refractivity contribution is -0.402.